The summed E-state index contributed by atoms with van der Waals surface area (Å²) < 4.78 is 32.3. The van der Waals surface area contributed by atoms with Gasteiger partial charge in [0.1, 0.15) is 16.6 Å². The Bertz CT molecular complexity index is 1640. The topological polar surface area (TPSA) is 76.3 Å². The smallest absolute Gasteiger partial charge is 0.273 e. The van der Waals surface area contributed by atoms with E-state index in [2.05, 4.69) is 15.3 Å². The Labute approximate surface area is 240 Å². The van der Waals surface area contributed by atoms with E-state index in [1.807, 2.05) is 6.07 Å². The number of aliphatic imine (C=N–C) groups is 1. The molecule has 2 saturated carbocycles. The molecular formula is C30H26Cl2F2N4O2. The van der Waals surface area contributed by atoms with Crippen LogP contribution in [0.1, 0.15) is 70.8 Å². The van der Waals surface area contributed by atoms with Gasteiger partial charge in [0.2, 0.25) is 0 Å². The summed E-state index contributed by atoms with van der Waals surface area (Å²) in [6.07, 6.45) is 9.56. The summed E-state index contributed by atoms with van der Waals surface area (Å²) in [4.78, 5) is 34.0. The Morgan fingerprint density at radius 3 is 2.62 bits per heavy atom. The highest BCUT2D eigenvalue weighted by atomic mass is 35.5. The van der Waals surface area contributed by atoms with Gasteiger partial charge in [0.05, 0.1) is 16.8 Å². The molecule has 40 heavy (non-hydrogen) atoms. The van der Waals surface area contributed by atoms with Crippen LogP contribution >= 0.6 is 23.2 Å². The number of hydrogen-bond donors (Lipinski definition) is 1. The van der Waals surface area contributed by atoms with Crippen LogP contribution < -0.4 is 10.9 Å². The summed E-state index contributed by atoms with van der Waals surface area (Å²) in [6.45, 7) is 3.34. The van der Waals surface area contributed by atoms with Crippen molar-refractivity contribution in [1.29, 1.82) is 0 Å². The molecule has 3 aromatic rings. The molecule has 0 bridgehead atoms. The van der Waals surface area contributed by atoms with Gasteiger partial charge in [0, 0.05) is 35.9 Å². The van der Waals surface area contributed by atoms with Crippen molar-refractivity contribution in [2.24, 2.45) is 4.99 Å². The maximum Gasteiger partial charge on any atom is 0.273 e. The summed E-state index contributed by atoms with van der Waals surface area (Å²) in [5.74, 6) is -2.32. The molecule has 10 heteroatoms. The molecule has 206 valence electrons. The zero-order valence-corrected chi connectivity index (χ0v) is 23.3. The second kappa shape index (κ2) is 11.5. The van der Waals surface area contributed by atoms with Crippen LogP contribution in [0.15, 0.2) is 70.6 Å². The lowest BCUT2D eigenvalue weighted by atomic mass is 10.0. The number of halogens is 4. The Morgan fingerprint density at radius 2 is 1.93 bits per heavy atom. The average Bonchev–Trinajstić information content (AvgIpc) is 3.86. The van der Waals surface area contributed by atoms with E-state index in [-0.39, 0.29) is 39.7 Å². The van der Waals surface area contributed by atoms with Gasteiger partial charge in [-0.05, 0) is 80.3 Å². The van der Waals surface area contributed by atoms with Crippen LogP contribution in [0, 0.1) is 12.7 Å². The summed E-state index contributed by atoms with van der Waals surface area (Å²) in [5.41, 5.74) is 0.685. The van der Waals surface area contributed by atoms with Gasteiger partial charge in [-0.15, -0.1) is 0 Å². The van der Waals surface area contributed by atoms with Crippen LogP contribution in [0.3, 0.4) is 0 Å². The molecule has 2 aliphatic rings. The third-order valence-electron chi connectivity index (χ3n) is 6.98. The molecule has 6 nitrogen and oxygen atoms in total. The van der Waals surface area contributed by atoms with Crippen molar-refractivity contribution in [3.63, 3.8) is 0 Å². The van der Waals surface area contributed by atoms with Gasteiger partial charge in [-0.2, -0.15) is 0 Å². The molecule has 1 N–H and O–H groups in total. The fourth-order valence-corrected chi connectivity index (χ4v) is 5.15. The standard InChI is InChI=1S/C30H26Cl2F2N4O2/c1-3-9-36-28(20-5-4-6-21(27(20)34)29(39)37-19-7-8-19)25(33)15-38-16(2)10-24(26(32)30(38)40)23-12-22(23)17-11-18(31)14-35-13-17/h3-6,9-11,13-15,19,22-23H,7-8,12H2,1-2H3,(H,37,39)/b9-3+,25-15-,36-28+. The molecule has 0 radical (unpaired) electrons. The van der Waals surface area contributed by atoms with Gasteiger partial charge in [-0.25, -0.2) is 8.78 Å². The van der Waals surface area contributed by atoms with Crippen LogP contribution in [0.25, 0.3) is 6.20 Å². The lowest BCUT2D eigenvalue weighted by Gasteiger charge is -2.13. The number of hydrogen-bond acceptors (Lipinski definition) is 4. The number of carbonyl (C=O) groups is 1. The fourth-order valence-electron chi connectivity index (χ4n) is 4.68. The van der Waals surface area contributed by atoms with Crippen LogP contribution in [0.2, 0.25) is 10.0 Å². The lowest BCUT2D eigenvalue weighted by molar-refractivity contribution is 0.0947. The predicted molar refractivity (Wildman–Crippen MR) is 153 cm³/mol. The molecule has 2 aromatic heterocycles. The number of carbonyl (C=O) groups excluding carboxylic acids is 1. The summed E-state index contributed by atoms with van der Waals surface area (Å²) in [7, 11) is 0. The highest BCUT2D eigenvalue weighted by Crippen LogP contribution is 2.55. The minimum Gasteiger partial charge on any atom is -0.349 e. The van der Waals surface area contributed by atoms with E-state index in [4.69, 9.17) is 23.2 Å². The molecular weight excluding hydrogens is 557 g/mol. The van der Waals surface area contributed by atoms with Crippen LogP contribution in [-0.4, -0.2) is 27.2 Å². The molecule has 2 unspecified atom stereocenters. The first kappa shape index (κ1) is 27.9. The molecule has 5 rings (SSSR count). The minimum absolute atomic E-state index is 0.00748. The third kappa shape index (κ3) is 5.78. The number of aryl methyl sites for hydroxylation is 1. The third-order valence-corrected chi connectivity index (χ3v) is 7.57. The van der Waals surface area contributed by atoms with Gasteiger partial charge in [-0.1, -0.05) is 35.3 Å². The Morgan fingerprint density at radius 1 is 1.18 bits per heavy atom. The molecule has 0 spiro atoms. The largest absolute Gasteiger partial charge is 0.349 e. The highest BCUT2D eigenvalue weighted by molar-refractivity contribution is 6.31. The highest BCUT2D eigenvalue weighted by Gasteiger charge is 2.41. The zero-order chi connectivity index (χ0) is 28.6. The second-order valence-corrected chi connectivity index (χ2v) is 10.8. The van der Waals surface area contributed by atoms with Gasteiger partial charge in [0.25, 0.3) is 11.5 Å². The molecule has 2 atom stereocenters. The Hall–Kier alpha value is -3.62. The number of nitrogens with zero attached hydrogens (tertiary/aromatic N) is 3. The number of pyridine rings is 2. The zero-order valence-electron chi connectivity index (χ0n) is 21.8. The Balaban J connectivity index is 1.49. The monoisotopic (exact) mass is 582 g/mol. The number of aromatic nitrogens is 2. The second-order valence-electron chi connectivity index (χ2n) is 9.97. The lowest BCUT2D eigenvalue weighted by Crippen LogP contribution is -2.27. The minimum atomic E-state index is -0.972. The van der Waals surface area contributed by atoms with Crippen molar-refractivity contribution in [1.82, 2.24) is 14.9 Å². The van der Waals surface area contributed by atoms with E-state index < -0.39 is 23.1 Å². The summed E-state index contributed by atoms with van der Waals surface area (Å²) in [5, 5.41) is 3.25. The number of rotatable bonds is 8. The van der Waals surface area contributed by atoms with Crippen molar-refractivity contribution in [2.45, 2.75) is 51.0 Å². The molecule has 1 amide bonds. The Kier molecular flexibility index (Phi) is 8.01. The number of nitrogens with one attached hydrogen (secondary N) is 1. The first-order chi connectivity index (χ1) is 19.2. The van der Waals surface area contributed by atoms with Crippen molar-refractivity contribution in [2.75, 3.05) is 0 Å². The predicted octanol–water partition coefficient (Wildman–Crippen LogP) is 6.95. The maximum atomic E-state index is 15.8. The van der Waals surface area contributed by atoms with Crippen LogP contribution in [-0.2, 0) is 0 Å². The van der Waals surface area contributed by atoms with Gasteiger partial charge in [-0.3, -0.25) is 24.1 Å². The quantitative estimate of drug-likeness (QED) is 0.292. The van der Waals surface area contributed by atoms with Crippen LogP contribution in [0.4, 0.5) is 8.78 Å². The first-order valence-corrected chi connectivity index (χ1v) is 13.6. The molecule has 2 fully saturated rings. The molecule has 0 aliphatic heterocycles. The van der Waals surface area contributed by atoms with E-state index >= 15 is 8.78 Å². The van der Waals surface area contributed by atoms with E-state index in [9.17, 15) is 9.59 Å². The molecule has 2 aliphatic carbocycles. The van der Waals surface area contributed by atoms with Crippen molar-refractivity contribution >= 4 is 41.0 Å². The van der Waals surface area contributed by atoms with Gasteiger partial charge in [0.15, 0.2) is 5.83 Å². The fraction of sp³-hybridized carbons (Fsp3) is 0.267. The van der Waals surface area contributed by atoms with E-state index in [1.165, 1.54) is 24.4 Å². The number of allylic oxidation sites excluding steroid dienone is 2. The maximum absolute atomic E-state index is 15.8. The van der Waals surface area contributed by atoms with Gasteiger partial charge < -0.3 is 5.32 Å². The average molecular weight is 583 g/mol. The van der Waals surface area contributed by atoms with Crippen molar-refractivity contribution < 1.29 is 13.6 Å². The molecule has 0 saturated heterocycles. The normalized spacial score (nSPS) is 19.2. The van der Waals surface area contributed by atoms with E-state index in [1.54, 1.807) is 38.4 Å². The first-order valence-electron chi connectivity index (χ1n) is 12.9. The summed E-state index contributed by atoms with van der Waals surface area (Å²) in [6, 6.07) is 7.76. The number of amides is 1. The van der Waals surface area contributed by atoms with Crippen molar-refractivity contribution in [3.8, 4) is 0 Å². The molecule has 2 heterocycles. The molecule has 1 aromatic carbocycles. The van der Waals surface area contributed by atoms with Crippen LogP contribution in [0.5, 0.6) is 0 Å². The van der Waals surface area contributed by atoms with Gasteiger partial charge >= 0.3 is 0 Å². The number of benzene rings is 1. The summed E-state index contributed by atoms with van der Waals surface area (Å²) >= 11 is 12.6. The SMILES string of the molecule is C/C=C/N=C(/C(F)=C/n1c(C)cc(C2CC2c2cncc(Cl)c2)c(Cl)c1=O)c1cccc(C(=O)NC2CC2)c1F. The van der Waals surface area contributed by atoms with E-state index in [0.29, 0.717) is 16.3 Å². The van der Waals surface area contributed by atoms with E-state index in [0.717, 1.165) is 35.6 Å². The van der Waals surface area contributed by atoms with Crippen molar-refractivity contribution in [3.05, 3.63) is 115 Å².